The summed E-state index contributed by atoms with van der Waals surface area (Å²) in [5, 5.41) is 2.64. The minimum atomic E-state index is -0.370. The molecule has 126 valence electrons. The van der Waals surface area contributed by atoms with Crippen LogP contribution in [0, 0.1) is 5.82 Å². The Morgan fingerprint density at radius 3 is 2.46 bits per heavy atom. The van der Waals surface area contributed by atoms with Gasteiger partial charge in [-0.05, 0) is 42.2 Å². The zero-order chi connectivity index (χ0) is 17.5. The second kappa shape index (κ2) is 8.49. The lowest BCUT2D eigenvalue weighted by Crippen LogP contribution is -2.35. The van der Waals surface area contributed by atoms with Crippen molar-refractivity contribution < 1.29 is 14.0 Å². The summed E-state index contributed by atoms with van der Waals surface area (Å²) in [6.45, 7) is 1.94. The number of likely N-dealkylation sites (N-methyl/N-ethyl adjacent to an activating group) is 1. The van der Waals surface area contributed by atoms with E-state index in [-0.39, 0.29) is 24.2 Å². The summed E-state index contributed by atoms with van der Waals surface area (Å²) in [5.41, 5.74) is 1.07. The lowest BCUT2D eigenvalue weighted by atomic mass is 10.2. The van der Waals surface area contributed by atoms with Gasteiger partial charge in [0.05, 0.1) is 12.1 Å². The first-order chi connectivity index (χ1) is 11.5. The van der Waals surface area contributed by atoms with Crippen molar-refractivity contribution >= 4 is 29.3 Å². The van der Waals surface area contributed by atoms with Crippen LogP contribution in [0.5, 0.6) is 0 Å². The molecule has 0 fully saturated rings. The Morgan fingerprint density at radius 1 is 1.12 bits per heavy atom. The van der Waals surface area contributed by atoms with Gasteiger partial charge in [-0.15, -0.1) is 11.8 Å². The highest BCUT2D eigenvalue weighted by molar-refractivity contribution is 7.99. The third-order valence-electron chi connectivity index (χ3n) is 3.27. The number of hydrogen-bond acceptors (Lipinski definition) is 3. The molecule has 0 aliphatic carbocycles. The number of anilines is 1. The molecule has 2 amide bonds. The fourth-order valence-corrected chi connectivity index (χ4v) is 2.95. The first-order valence-corrected chi connectivity index (χ1v) is 8.52. The number of nitrogens with one attached hydrogen (secondary N) is 1. The van der Waals surface area contributed by atoms with Gasteiger partial charge in [0.1, 0.15) is 5.82 Å². The summed E-state index contributed by atoms with van der Waals surface area (Å²) in [6, 6.07) is 12.8. The van der Waals surface area contributed by atoms with Crippen LogP contribution in [0.15, 0.2) is 53.4 Å². The monoisotopic (exact) mass is 346 g/mol. The third kappa shape index (κ3) is 4.83. The molecule has 2 rings (SSSR count). The van der Waals surface area contributed by atoms with Crippen LogP contribution in [-0.2, 0) is 4.79 Å². The van der Waals surface area contributed by atoms with Gasteiger partial charge >= 0.3 is 0 Å². The molecule has 0 unspecified atom stereocenters. The highest BCUT2D eigenvalue weighted by atomic mass is 32.2. The molecular weight excluding hydrogens is 327 g/mol. The molecule has 0 bridgehead atoms. The van der Waals surface area contributed by atoms with Crippen LogP contribution in [0.2, 0.25) is 0 Å². The largest absolute Gasteiger partial charge is 0.332 e. The highest BCUT2D eigenvalue weighted by Crippen LogP contribution is 2.23. The average molecular weight is 346 g/mol. The van der Waals surface area contributed by atoms with Crippen molar-refractivity contribution in [3.63, 3.8) is 0 Å². The number of rotatable bonds is 6. The normalized spacial score (nSPS) is 10.3. The Balaban J connectivity index is 2.00. The molecule has 0 aliphatic heterocycles. The fraction of sp³-hybridized carbons (Fsp3) is 0.222. The predicted octanol–water partition coefficient (Wildman–Crippen LogP) is 3.65. The quantitative estimate of drug-likeness (QED) is 0.812. The topological polar surface area (TPSA) is 49.4 Å². The maximum Gasteiger partial charge on any atom is 0.255 e. The molecule has 0 aliphatic rings. The Kier molecular flexibility index (Phi) is 6.37. The molecule has 0 aromatic heterocycles. The molecule has 4 nitrogen and oxygen atoms in total. The number of hydrogen-bond donors (Lipinski definition) is 1. The minimum Gasteiger partial charge on any atom is -0.332 e. The molecular formula is C18H19FN2O2S. The van der Waals surface area contributed by atoms with Crippen LogP contribution in [-0.4, -0.2) is 36.1 Å². The summed E-state index contributed by atoms with van der Waals surface area (Å²) in [7, 11) is 1.58. The average Bonchev–Trinajstić information content (AvgIpc) is 2.57. The third-order valence-corrected chi connectivity index (χ3v) is 4.23. The molecule has 1 N–H and O–H groups in total. The lowest BCUT2D eigenvalue weighted by Gasteiger charge is -2.18. The molecule has 0 spiro atoms. The van der Waals surface area contributed by atoms with Crippen molar-refractivity contribution in [1.82, 2.24) is 4.90 Å². The van der Waals surface area contributed by atoms with E-state index in [1.807, 2.05) is 19.1 Å². The van der Waals surface area contributed by atoms with E-state index in [2.05, 4.69) is 5.32 Å². The number of thioether (sulfide) groups is 1. The number of carbonyl (C=O) groups is 2. The number of nitrogens with zero attached hydrogens (tertiary/aromatic N) is 1. The van der Waals surface area contributed by atoms with E-state index in [0.717, 1.165) is 10.6 Å². The van der Waals surface area contributed by atoms with Gasteiger partial charge in [-0.2, -0.15) is 0 Å². The summed E-state index contributed by atoms with van der Waals surface area (Å²) >= 11 is 1.59. The summed E-state index contributed by atoms with van der Waals surface area (Å²) in [5.74, 6) is -0.0526. The van der Waals surface area contributed by atoms with Crippen molar-refractivity contribution in [3.05, 3.63) is 59.9 Å². The predicted molar refractivity (Wildman–Crippen MR) is 94.8 cm³/mol. The van der Waals surface area contributed by atoms with Gasteiger partial charge in [-0.25, -0.2) is 4.39 Å². The number of carbonyl (C=O) groups excluding carboxylic acids is 2. The van der Waals surface area contributed by atoms with Crippen LogP contribution in [0.3, 0.4) is 0 Å². The Morgan fingerprint density at radius 2 is 1.79 bits per heavy atom. The number of benzene rings is 2. The van der Waals surface area contributed by atoms with Crippen LogP contribution < -0.4 is 5.32 Å². The van der Waals surface area contributed by atoms with Gasteiger partial charge in [-0.3, -0.25) is 9.59 Å². The van der Waals surface area contributed by atoms with Crippen molar-refractivity contribution in [2.75, 3.05) is 24.7 Å². The van der Waals surface area contributed by atoms with Gasteiger partial charge in [0.15, 0.2) is 0 Å². The number of amides is 2. The van der Waals surface area contributed by atoms with Gasteiger partial charge in [0, 0.05) is 17.6 Å². The molecule has 0 saturated heterocycles. The van der Waals surface area contributed by atoms with Crippen LogP contribution in [0.25, 0.3) is 0 Å². The van der Waals surface area contributed by atoms with E-state index < -0.39 is 0 Å². The van der Waals surface area contributed by atoms with E-state index in [1.165, 1.54) is 29.2 Å². The van der Waals surface area contributed by atoms with Crippen LogP contribution in [0.4, 0.5) is 10.1 Å². The molecule has 0 saturated carbocycles. The van der Waals surface area contributed by atoms with Crippen molar-refractivity contribution in [2.24, 2.45) is 0 Å². The summed E-state index contributed by atoms with van der Waals surface area (Å²) in [6.07, 6.45) is 0. The van der Waals surface area contributed by atoms with E-state index in [4.69, 9.17) is 0 Å². The van der Waals surface area contributed by atoms with E-state index >= 15 is 0 Å². The van der Waals surface area contributed by atoms with Crippen molar-refractivity contribution in [2.45, 2.75) is 11.8 Å². The first-order valence-electron chi connectivity index (χ1n) is 7.54. The van der Waals surface area contributed by atoms with Gasteiger partial charge < -0.3 is 10.2 Å². The van der Waals surface area contributed by atoms with Crippen molar-refractivity contribution in [3.8, 4) is 0 Å². The Bertz CT molecular complexity index is 719. The van der Waals surface area contributed by atoms with Crippen LogP contribution in [0.1, 0.15) is 17.3 Å². The first kappa shape index (κ1) is 18.0. The highest BCUT2D eigenvalue weighted by Gasteiger charge is 2.18. The molecule has 2 aromatic carbocycles. The standard InChI is InChI=1S/C18H19FN2O2S/c1-3-24-16-7-5-4-6-15(16)18(23)21(2)12-17(22)20-14-10-8-13(19)9-11-14/h4-11H,3,12H2,1-2H3,(H,20,22). The molecule has 6 heteroatoms. The SMILES string of the molecule is CCSc1ccccc1C(=O)N(C)CC(=O)Nc1ccc(F)cc1. The molecule has 2 aromatic rings. The second-order valence-electron chi connectivity index (χ2n) is 5.15. The zero-order valence-electron chi connectivity index (χ0n) is 13.6. The van der Waals surface area contributed by atoms with E-state index in [0.29, 0.717) is 11.3 Å². The molecule has 0 heterocycles. The Labute approximate surface area is 145 Å². The smallest absolute Gasteiger partial charge is 0.255 e. The zero-order valence-corrected chi connectivity index (χ0v) is 14.4. The fourth-order valence-electron chi connectivity index (χ4n) is 2.15. The maximum atomic E-state index is 12.9. The van der Waals surface area contributed by atoms with Crippen molar-refractivity contribution in [1.29, 1.82) is 0 Å². The van der Waals surface area contributed by atoms with Crippen LogP contribution >= 0.6 is 11.8 Å². The molecule has 24 heavy (non-hydrogen) atoms. The Hall–Kier alpha value is -2.34. The molecule has 0 radical (unpaired) electrons. The maximum absolute atomic E-state index is 12.9. The van der Waals surface area contributed by atoms with Gasteiger partial charge in [-0.1, -0.05) is 19.1 Å². The van der Waals surface area contributed by atoms with Gasteiger partial charge in [0.25, 0.3) is 5.91 Å². The van der Waals surface area contributed by atoms with Gasteiger partial charge in [0.2, 0.25) is 5.91 Å². The summed E-state index contributed by atoms with van der Waals surface area (Å²) in [4.78, 5) is 26.9. The van der Waals surface area contributed by atoms with E-state index in [1.54, 1.807) is 30.9 Å². The lowest BCUT2D eigenvalue weighted by molar-refractivity contribution is -0.116. The number of halogens is 1. The van der Waals surface area contributed by atoms with E-state index in [9.17, 15) is 14.0 Å². The summed E-state index contributed by atoms with van der Waals surface area (Å²) < 4.78 is 12.9. The molecule has 0 atom stereocenters. The second-order valence-corrected chi connectivity index (χ2v) is 6.45. The minimum absolute atomic E-state index is 0.0820.